The van der Waals surface area contributed by atoms with E-state index in [1.807, 2.05) is 37.4 Å². The predicted molar refractivity (Wildman–Crippen MR) is 113 cm³/mol. The summed E-state index contributed by atoms with van der Waals surface area (Å²) in [6, 6.07) is 7.60. The number of halogens is 1. The van der Waals surface area contributed by atoms with Gasteiger partial charge in [-0.15, -0.1) is 0 Å². The van der Waals surface area contributed by atoms with Crippen LogP contribution in [-0.4, -0.2) is 38.8 Å². The van der Waals surface area contributed by atoms with Crippen molar-refractivity contribution in [3.63, 3.8) is 0 Å². The molecule has 0 aliphatic carbocycles. The molecule has 4 heterocycles. The first kappa shape index (κ1) is 19.4. The van der Waals surface area contributed by atoms with E-state index in [1.165, 1.54) is 0 Å². The Balaban J connectivity index is 1.88. The van der Waals surface area contributed by atoms with Gasteiger partial charge in [-0.2, -0.15) is 0 Å². The maximum Gasteiger partial charge on any atom is 0.220 e. The highest BCUT2D eigenvalue weighted by Gasteiger charge is 2.33. The van der Waals surface area contributed by atoms with Crippen molar-refractivity contribution in [1.82, 2.24) is 24.9 Å². The van der Waals surface area contributed by atoms with E-state index in [0.29, 0.717) is 11.4 Å². The van der Waals surface area contributed by atoms with Crippen LogP contribution < -0.4 is 5.73 Å². The first-order valence-electron chi connectivity index (χ1n) is 8.82. The molecular weight excluding hydrogens is 436 g/mol. The van der Waals surface area contributed by atoms with Crippen LogP contribution in [0.1, 0.15) is 18.2 Å². The number of methoxy groups -OCH3 is 1. The topological polar surface area (TPSA) is 112 Å². The van der Waals surface area contributed by atoms with Crippen molar-refractivity contribution in [2.75, 3.05) is 19.6 Å². The Morgan fingerprint density at radius 1 is 1.21 bits per heavy atom. The molecule has 4 aromatic heterocycles. The van der Waals surface area contributed by atoms with Crippen LogP contribution in [0.5, 0.6) is 0 Å². The number of pyridine rings is 2. The van der Waals surface area contributed by atoms with E-state index in [9.17, 15) is 0 Å². The summed E-state index contributed by atoms with van der Waals surface area (Å²) in [5.41, 5.74) is 8.96. The van der Waals surface area contributed by atoms with Gasteiger partial charge in [0.15, 0.2) is 0 Å². The fourth-order valence-corrected chi connectivity index (χ4v) is 3.52. The summed E-state index contributed by atoms with van der Waals surface area (Å²) in [4.78, 5) is 20.6. The third kappa shape index (κ3) is 3.71. The maximum atomic E-state index is 6.09. The average Bonchev–Trinajstić information content (AvgIpc) is 3.15. The highest BCUT2D eigenvalue weighted by atomic mass is 79.9. The van der Waals surface area contributed by atoms with Crippen molar-refractivity contribution in [3.05, 3.63) is 64.8 Å². The molecule has 0 radical (unpaired) electrons. The van der Waals surface area contributed by atoms with Gasteiger partial charge in [0.1, 0.15) is 18.0 Å². The fourth-order valence-electron chi connectivity index (χ4n) is 3.19. The predicted octanol–water partition coefficient (Wildman–Crippen LogP) is 3.64. The second kappa shape index (κ2) is 7.86. The molecule has 0 aromatic carbocycles. The lowest BCUT2D eigenvalue weighted by Gasteiger charge is -2.29. The molecule has 0 unspecified atom stereocenters. The number of nitrogens with one attached hydrogen (secondary N) is 1. The van der Waals surface area contributed by atoms with Gasteiger partial charge in [-0.3, -0.25) is 4.98 Å². The second-order valence-electron chi connectivity index (χ2n) is 6.57. The summed E-state index contributed by atoms with van der Waals surface area (Å²) in [6.45, 7) is 2.00. The molecule has 0 bridgehead atoms. The highest BCUT2D eigenvalue weighted by Crippen LogP contribution is 2.35. The van der Waals surface area contributed by atoms with Gasteiger partial charge in [0, 0.05) is 47.3 Å². The van der Waals surface area contributed by atoms with E-state index in [0.717, 1.165) is 26.6 Å². The number of nitrogens with zero attached hydrogens (tertiary/aromatic N) is 4. The van der Waals surface area contributed by atoms with Gasteiger partial charge in [-0.1, -0.05) is 0 Å². The number of hydrogen-bond donors (Lipinski definition) is 2. The van der Waals surface area contributed by atoms with E-state index in [1.54, 1.807) is 25.7 Å². The van der Waals surface area contributed by atoms with Crippen LogP contribution in [0.4, 0.5) is 5.95 Å². The SMILES string of the molecule is COCO[C@](C)(c1ccncc1)c1cc(-c2c[nH]c3ncc(Br)cc23)nc(N)n1. The summed E-state index contributed by atoms with van der Waals surface area (Å²) in [5, 5.41) is 0.923. The molecule has 8 nitrogen and oxygen atoms in total. The minimum absolute atomic E-state index is 0.0853. The molecule has 9 heteroatoms. The Bertz CT molecular complexity index is 1150. The molecular formula is C20H19BrN6O2. The molecule has 0 aliphatic rings. The molecule has 148 valence electrons. The lowest BCUT2D eigenvalue weighted by Crippen LogP contribution is -2.30. The number of nitrogens with two attached hydrogens (primary N) is 1. The van der Waals surface area contributed by atoms with Crippen LogP contribution in [0.25, 0.3) is 22.3 Å². The first-order chi connectivity index (χ1) is 14.0. The molecule has 4 rings (SSSR count). The van der Waals surface area contributed by atoms with Crippen LogP contribution in [-0.2, 0) is 15.1 Å². The van der Waals surface area contributed by atoms with Crippen LogP contribution in [0.15, 0.2) is 53.5 Å². The van der Waals surface area contributed by atoms with E-state index >= 15 is 0 Å². The Hall–Kier alpha value is -2.88. The summed E-state index contributed by atoms with van der Waals surface area (Å²) in [6.07, 6.45) is 7.01. The third-order valence-electron chi connectivity index (χ3n) is 4.70. The second-order valence-corrected chi connectivity index (χ2v) is 7.48. The van der Waals surface area contributed by atoms with Gasteiger partial charge in [0.05, 0.1) is 11.4 Å². The zero-order valence-corrected chi connectivity index (χ0v) is 17.5. The molecule has 1 atom stereocenters. The van der Waals surface area contributed by atoms with Gasteiger partial charge in [0.2, 0.25) is 5.95 Å². The summed E-state index contributed by atoms with van der Waals surface area (Å²) >= 11 is 3.47. The number of aromatic nitrogens is 5. The van der Waals surface area contributed by atoms with E-state index < -0.39 is 5.60 Å². The van der Waals surface area contributed by atoms with Crippen molar-refractivity contribution < 1.29 is 9.47 Å². The quantitative estimate of drug-likeness (QED) is 0.427. The number of fused-ring (bicyclic) bond motifs is 1. The monoisotopic (exact) mass is 454 g/mol. The normalized spacial score (nSPS) is 13.5. The third-order valence-corrected chi connectivity index (χ3v) is 5.14. The average molecular weight is 455 g/mol. The van der Waals surface area contributed by atoms with Crippen molar-refractivity contribution in [1.29, 1.82) is 0 Å². The molecule has 4 aromatic rings. The molecule has 0 spiro atoms. The number of ether oxygens (including phenoxy) is 2. The smallest absolute Gasteiger partial charge is 0.220 e. The summed E-state index contributed by atoms with van der Waals surface area (Å²) in [7, 11) is 1.57. The summed E-state index contributed by atoms with van der Waals surface area (Å²) < 4.78 is 12.1. The number of hydrogen-bond acceptors (Lipinski definition) is 7. The van der Waals surface area contributed by atoms with Gasteiger partial charge < -0.3 is 20.2 Å². The van der Waals surface area contributed by atoms with E-state index in [-0.39, 0.29) is 12.7 Å². The number of rotatable bonds is 6. The molecule has 0 aliphatic heterocycles. The molecule has 0 saturated carbocycles. The molecule has 29 heavy (non-hydrogen) atoms. The molecule has 0 amide bonds. The lowest BCUT2D eigenvalue weighted by atomic mass is 9.92. The van der Waals surface area contributed by atoms with Gasteiger partial charge in [-0.25, -0.2) is 15.0 Å². The number of H-pyrrole nitrogens is 1. The van der Waals surface area contributed by atoms with Gasteiger partial charge in [-0.05, 0) is 52.7 Å². The van der Waals surface area contributed by atoms with Crippen LogP contribution in [0.2, 0.25) is 0 Å². The molecule has 3 N–H and O–H groups in total. The van der Waals surface area contributed by atoms with Gasteiger partial charge >= 0.3 is 0 Å². The van der Waals surface area contributed by atoms with E-state index in [4.69, 9.17) is 15.2 Å². The van der Waals surface area contributed by atoms with E-state index in [2.05, 4.69) is 40.8 Å². The van der Waals surface area contributed by atoms with Crippen molar-refractivity contribution in [3.8, 4) is 11.3 Å². The number of anilines is 1. The van der Waals surface area contributed by atoms with Crippen LogP contribution in [0.3, 0.4) is 0 Å². The Morgan fingerprint density at radius 2 is 2.00 bits per heavy atom. The van der Waals surface area contributed by atoms with Crippen LogP contribution in [0, 0.1) is 0 Å². The number of aromatic amines is 1. The maximum absolute atomic E-state index is 6.09. The van der Waals surface area contributed by atoms with Crippen LogP contribution >= 0.6 is 15.9 Å². The largest absolute Gasteiger partial charge is 0.368 e. The number of nitrogen functional groups attached to an aromatic ring is 1. The minimum atomic E-state index is -0.907. The highest BCUT2D eigenvalue weighted by molar-refractivity contribution is 9.10. The summed E-state index contributed by atoms with van der Waals surface area (Å²) in [5.74, 6) is 0.149. The van der Waals surface area contributed by atoms with Crippen molar-refractivity contribution >= 4 is 32.9 Å². The Kier molecular flexibility index (Phi) is 5.27. The van der Waals surface area contributed by atoms with Gasteiger partial charge in [0.25, 0.3) is 0 Å². The standard InChI is InChI=1S/C20H19BrN6O2/c1-20(29-11-28-2,12-3-5-23-6-4-12)17-8-16(26-19(22)27-17)15-10-25-18-14(15)7-13(21)9-24-18/h3-10H,11H2,1-2H3,(H,24,25)(H2,22,26,27)/t20-/m1/s1. The molecule has 0 saturated heterocycles. The van der Waals surface area contributed by atoms with Crippen molar-refractivity contribution in [2.24, 2.45) is 0 Å². The zero-order valence-electron chi connectivity index (χ0n) is 15.9. The minimum Gasteiger partial charge on any atom is -0.368 e. The zero-order chi connectivity index (χ0) is 20.4. The Morgan fingerprint density at radius 3 is 2.76 bits per heavy atom. The lowest BCUT2D eigenvalue weighted by molar-refractivity contribution is -0.109. The first-order valence-corrected chi connectivity index (χ1v) is 9.62. The van der Waals surface area contributed by atoms with Crippen molar-refractivity contribution in [2.45, 2.75) is 12.5 Å². The fraction of sp³-hybridized carbons (Fsp3) is 0.200. The molecule has 0 fully saturated rings. The Labute approximate surface area is 175 Å².